The van der Waals surface area contributed by atoms with E-state index in [1.807, 2.05) is 36.4 Å². The van der Waals surface area contributed by atoms with Gasteiger partial charge in [-0.1, -0.05) is 0 Å². The van der Waals surface area contributed by atoms with Gasteiger partial charge in [0, 0.05) is 0 Å². The summed E-state index contributed by atoms with van der Waals surface area (Å²) in [4.78, 5) is 0. The molecule has 64 valence electrons. The van der Waals surface area contributed by atoms with E-state index in [4.69, 9.17) is 3.79 Å². The van der Waals surface area contributed by atoms with Crippen LogP contribution in [0.25, 0.3) is 11.1 Å². The summed E-state index contributed by atoms with van der Waals surface area (Å²) in [5.74, 6) is 0.878. The topological polar surface area (TPSA) is 9.23 Å². The first kappa shape index (κ1) is 9.33. The van der Waals surface area contributed by atoms with Crippen LogP contribution in [0.5, 0.6) is 5.75 Å². The number of benzene rings is 2. The van der Waals surface area contributed by atoms with Crippen molar-refractivity contribution in [3.8, 4) is 16.9 Å². The van der Waals surface area contributed by atoms with Gasteiger partial charge in [-0.15, -0.1) is 0 Å². The average Bonchev–Trinajstić information content (AvgIpc) is 2.30. The zero-order valence-electron chi connectivity index (χ0n) is 7.68. The van der Waals surface area contributed by atoms with Gasteiger partial charge in [0.1, 0.15) is 0 Å². The first-order chi connectivity index (χ1) is 6.92. The third kappa shape index (κ3) is 1.82. The Bertz CT molecular complexity index is 412. The molecular weight excluding hydrogens is 187 g/mol. The molecule has 0 fully saturated rings. The summed E-state index contributed by atoms with van der Waals surface area (Å²) in [6.07, 6.45) is 0. The van der Waals surface area contributed by atoms with Gasteiger partial charge in [0.2, 0.25) is 0 Å². The molecule has 0 unspecified atom stereocenters. The predicted octanol–water partition coefficient (Wildman–Crippen LogP) is 2.82. The van der Waals surface area contributed by atoms with Crippen LogP contribution in [0.15, 0.2) is 54.6 Å². The van der Waals surface area contributed by atoms with Gasteiger partial charge >= 0.3 is 91.9 Å². The van der Waals surface area contributed by atoms with Gasteiger partial charge in [-0.05, 0) is 0 Å². The van der Waals surface area contributed by atoms with E-state index in [0.717, 1.165) is 11.3 Å². The molecule has 0 bridgehead atoms. The first-order valence-electron chi connectivity index (χ1n) is 4.43. The maximum atomic E-state index is 5.22. The molecule has 1 nitrogen and oxygen atoms in total. The fraction of sp³-hybridized carbons (Fsp3) is 0. The number of para-hydroxylation sites is 1. The Morgan fingerprint density at radius 2 is 1.43 bits per heavy atom. The standard InChI is InChI=1S/C12H10O.Al/c13-12-9-5-4-8-11(12)10-6-2-1-3-7-10;/h1-9,13H;/q;+3/p-1. The SMILES string of the molecule is [Al+2][O]c1ccccc1-c1ccccc1. The van der Waals surface area contributed by atoms with Crippen LogP contribution in [0.3, 0.4) is 0 Å². The van der Waals surface area contributed by atoms with E-state index in [1.54, 1.807) is 0 Å². The molecule has 2 heteroatoms. The number of hydrogen-bond acceptors (Lipinski definition) is 1. The van der Waals surface area contributed by atoms with Crippen molar-refractivity contribution in [3.63, 3.8) is 0 Å². The zero-order valence-corrected chi connectivity index (χ0v) is 8.84. The van der Waals surface area contributed by atoms with Crippen LogP contribution in [0, 0.1) is 0 Å². The first-order valence-corrected chi connectivity index (χ1v) is 4.90. The van der Waals surface area contributed by atoms with Crippen LogP contribution >= 0.6 is 0 Å². The second-order valence-corrected chi connectivity index (χ2v) is 3.22. The molecule has 0 aliphatic heterocycles. The quantitative estimate of drug-likeness (QED) is 0.671. The molecule has 2 aromatic carbocycles. The van der Waals surface area contributed by atoms with Crippen molar-refractivity contribution in [1.29, 1.82) is 0 Å². The summed E-state index contributed by atoms with van der Waals surface area (Å²) >= 11 is 2.28. The summed E-state index contributed by atoms with van der Waals surface area (Å²) < 4.78 is 5.22. The normalized spacial score (nSPS) is 9.86. The van der Waals surface area contributed by atoms with E-state index >= 15 is 0 Å². The Balaban J connectivity index is 2.51. The van der Waals surface area contributed by atoms with Crippen LogP contribution < -0.4 is 3.79 Å². The molecule has 14 heavy (non-hydrogen) atoms. The summed E-state index contributed by atoms with van der Waals surface area (Å²) in [5, 5.41) is 0. The Morgan fingerprint density at radius 1 is 0.786 bits per heavy atom. The molecular formula is C12H9AlO+2. The Morgan fingerprint density at radius 3 is 2.14 bits per heavy atom. The molecule has 2 rings (SSSR count). The van der Waals surface area contributed by atoms with E-state index in [2.05, 4.69) is 34.8 Å². The summed E-state index contributed by atoms with van der Waals surface area (Å²) in [5.41, 5.74) is 2.29. The van der Waals surface area contributed by atoms with E-state index in [0.29, 0.717) is 0 Å². The van der Waals surface area contributed by atoms with Gasteiger partial charge in [0.25, 0.3) is 0 Å². The van der Waals surface area contributed by atoms with Gasteiger partial charge < -0.3 is 0 Å². The van der Waals surface area contributed by atoms with Crippen LogP contribution in [-0.4, -0.2) is 16.6 Å². The molecule has 0 aromatic heterocycles. The van der Waals surface area contributed by atoms with Crippen LogP contribution in [-0.2, 0) is 0 Å². The van der Waals surface area contributed by atoms with Crippen molar-refractivity contribution in [3.05, 3.63) is 54.6 Å². The molecule has 0 N–H and O–H groups in total. The summed E-state index contributed by atoms with van der Waals surface area (Å²) in [7, 11) is 0. The molecule has 0 aliphatic rings. The molecule has 0 heterocycles. The second kappa shape index (κ2) is 4.33. The number of hydrogen-bond donors (Lipinski definition) is 0. The summed E-state index contributed by atoms with van der Waals surface area (Å²) in [6.45, 7) is 0. The minimum absolute atomic E-state index is 0.878. The molecule has 0 radical (unpaired) electrons. The van der Waals surface area contributed by atoms with E-state index < -0.39 is 0 Å². The molecule has 2 aromatic rings. The fourth-order valence-corrected chi connectivity index (χ4v) is 1.63. The van der Waals surface area contributed by atoms with Gasteiger partial charge in [0.15, 0.2) is 0 Å². The van der Waals surface area contributed by atoms with Crippen molar-refractivity contribution in [2.24, 2.45) is 0 Å². The monoisotopic (exact) mass is 196 g/mol. The van der Waals surface area contributed by atoms with Crippen molar-refractivity contribution in [2.75, 3.05) is 0 Å². The van der Waals surface area contributed by atoms with Crippen molar-refractivity contribution < 1.29 is 3.79 Å². The van der Waals surface area contributed by atoms with E-state index in [1.165, 1.54) is 5.56 Å². The third-order valence-corrected chi connectivity index (χ3v) is 2.35. The predicted molar refractivity (Wildman–Crippen MR) is 58.3 cm³/mol. The average molecular weight is 196 g/mol. The summed E-state index contributed by atoms with van der Waals surface area (Å²) in [6, 6.07) is 18.2. The third-order valence-electron chi connectivity index (χ3n) is 2.10. The van der Waals surface area contributed by atoms with Gasteiger partial charge in [-0.25, -0.2) is 0 Å². The van der Waals surface area contributed by atoms with Gasteiger partial charge in [-0.3, -0.25) is 0 Å². The Kier molecular flexibility index (Phi) is 2.88. The Labute approximate surface area is 92.1 Å². The van der Waals surface area contributed by atoms with E-state index in [-0.39, 0.29) is 0 Å². The number of rotatable bonds is 2. The maximum absolute atomic E-state index is 5.22. The second-order valence-electron chi connectivity index (χ2n) is 2.98. The fourth-order valence-electron chi connectivity index (χ4n) is 1.43. The van der Waals surface area contributed by atoms with Crippen molar-refractivity contribution in [2.45, 2.75) is 0 Å². The van der Waals surface area contributed by atoms with Crippen molar-refractivity contribution in [1.82, 2.24) is 0 Å². The molecule has 0 aliphatic carbocycles. The molecule has 0 saturated heterocycles. The van der Waals surface area contributed by atoms with Gasteiger partial charge in [0.05, 0.1) is 0 Å². The van der Waals surface area contributed by atoms with Crippen LogP contribution in [0.2, 0.25) is 0 Å². The Hall–Kier alpha value is -1.23. The molecule has 0 atom stereocenters. The molecule has 0 amide bonds. The van der Waals surface area contributed by atoms with Gasteiger partial charge in [-0.2, -0.15) is 0 Å². The molecule has 0 saturated carbocycles. The minimum atomic E-state index is 0.878. The van der Waals surface area contributed by atoms with Crippen LogP contribution in [0.1, 0.15) is 0 Å². The van der Waals surface area contributed by atoms with E-state index in [9.17, 15) is 0 Å². The van der Waals surface area contributed by atoms with Crippen LogP contribution in [0.4, 0.5) is 0 Å². The zero-order chi connectivity index (χ0) is 9.80. The molecule has 0 spiro atoms. The van der Waals surface area contributed by atoms with Crippen molar-refractivity contribution >= 4 is 16.6 Å².